The van der Waals surface area contributed by atoms with Crippen molar-refractivity contribution in [1.29, 1.82) is 0 Å². The van der Waals surface area contributed by atoms with E-state index in [4.69, 9.17) is 16.3 Å². The van der Waals surface area contributed by atoms with E-state index in [9.17, 15) is 0 Å². The molecule has 0 aliphatic rings. The van der Waals surface area contributed by atoms with Gasteiger partial charge in [0.1, 0.15) is 11.6 Å². The molecule has 106 valence electrons. The van der Waals surface area contributed by atoms with Gasteiger partial charge in [-0.3, -0.25) is 0 Å². The first-order valence-corrected chi connectivity index (χ1v) is 7.83. The van der Waals surface area contributed by atoms with Crippen LogP contribution in [0.25, 0.3) is 0 Å². The Morgan fingerprint density at radius 3 is 2.80 bits per heavy atom. The van der Waals surface area contributed by atoms with Crippen LogP contribution in [0, 0.1) is 6.92 Å². The molecule has 0 unspecified atom stereocenters. The third-order valence-electron chi connectivity index (χ3n) is 2.59. The van der Waals surface area contributed by atoms with Crippen molar-refractivity contribution in [2.45, 2.75) is 19.0 Å². The molecule has 1 N–H and O–H groups in total. The summed E-state index contributed by atoms with van der Waals surface area (Å²) in [5, 5.41) is 4.46. The van der Waals surface area contributed by atoms with Crippen molar-refractivity contribution in [3.05, 3.63) is 34.9 Å². The van der Waals surface area contributed by atoms with E-state index in [0.717, 1.165) is 17.9 Å². The van der Waals surface area contributed by atoms with Crippen LogP contribution in [0.2, 0.25) is 5.02 Å². The molecule has 0 fully saturated rings. The Morgan fingerprint density at radius 2 is 2.10 bits per heavy atom. The van der Waals surface area contributed by atoms with Gasteiger partial charge < -0.3 is 10.1 Å². The van der Waals surface area contributed by atoms with Gasteiger partial charge in [0.25, 0.3) is 0 Å². The fraction of sp³-hybridized carbons (Fsp3) is 0.286. The number of hydrogen-bond acceptors (Lipinski definition) is 5. The van der Waals surface area contributed by atoms with Gasteiger partial charge in [0.05, 0.1) is 0 Å². The maximum atomic E-state index is 5.99. The Labute approximate surface area is 127 Å². The highest BCUT2D eigenvalue weighted by Crippen LogP contribution is 2.28. The molecule has 1 aromatic carbocycles. The van der Waals surface area contributed by atoms with Gasteiger partial charge >= 0.3 is 0 Å². The molecule has 0 spiro atoms. The number of nitrogens with zero attached hydrogens (tertiary/aromatic N) is 2. The van der Waals surface area contributed by atoms with Gasteiger partial charge in [-0.2, -0.15) is 4.98 Å². The first kappa shape index (κ1) is 14.9. The first-order valence-electron chi connectivity index (χ1n) is 6.23. The minimum Gasteiger partial charge on any atom is -0.438 e. The van der Waals surface area contributed by atoms with Gasteiger partial charge in [-0.25, -0.2) is 4.98 Å². The van der Waals surface area contributed by atoms with Crippen molar-refractivity contribution in [1.82, 2.24) is 9.97 Å². The number of aryl methyl sites for hydroxylation is 1. The van der Waals surface area contributed by atoms with Gasteiger partial charge in [-0.1, -0.05) is 29.4 Å². The summed E-state index contributed by atoms with van der Waals surface area (Å²) in [5.74, 6) is 1.96. The number of benzene rings is 1. The van der Waals surface area contributed by atoms with Crippen molar-refractivity contribution < 1.29 is 4.74 Å². The van der Waals surface area contributed by atoms with E-state index in [1.54, 1.807) is 12.1 Å². The first-order chi connectivity index (χ1) is 9.62. The molecule has 1 heterocycles. The Bertz CT molecular complexity index is 607. The number of halogens is 1. The van der Waals surface area contributed by atoms with Crippen LogP contribution in [0.1, 0.15) is 12.5 Å². The average Bonchev–Trinajstić information content (AvgIpc) is 2.43. The van der Waals surface area contributed by atoms with Crippen LogP contribution in [0.3, 0.4) is 0 Å². The van der Waals surface area contributed by atoms with Crippen LogP contribution in [0.5, 0.6) is 11.6 Å². The largest absolute Gasteiger partial charge is 0.438 e. The number of nitrogens with one attached hydrogen (secondary N) is 1. The lowest BCUT2D eigenvalue weighted by atomic mass is 10.2. The van der Waals surface area contributed by atoms with E-state index in [2.05, 4.69) is 15.3 Å². The van der Waals surface area contributed by atoms with E-state index >= 15 is 0 Å². The van der Waals surface area contributed by atoms with Crippen molar-refractivity contribution in [2.24, 2.45) is 0 Å². The summed E-state index contributed by atoms with van der Waals surface area (Å²) in [4.78, 5) is 8.70. The summed E-state index contributed by atoms with van der Waals surface area (Å²) in [6.07, 6.45) is 1.93. The van der Waals surface area contributed by atoms with Crippen LogP contribution >= 0.6 is 23.4 Å². The lowest BCUT2D eigenvalue weighted by Crippen LogP contribution is -2.02. The highest BCUT2D eigenvalue weighted by Gasteiger charge is 2.08. The predicted octanol–water partition coefficient (Wildman–Crippen LogP) is 4.38. The van der Waals surface area contributed by atoms with E-state index in [1.807, 2.05) is 32.2 Å². The van der Waals surface area contributed by atoms with Gasteiger partial charge in [-0.15, -0.1) is 0 Å². The number of hydrogen-bond donors (Lipinski definition) is 1. The molecule has 0 saturated carbocycles. The zero-order valence-electron chi connectivity index (χ0n) is 11.6. The zero-order valence-corrected chi connectivity index (χ0v) is 13.2. The number of thioether (sulfide) groups is 1. The fourth-order valence-corrected chi connectivity index (χ4v) is 2.15. The minimum atomic E-state index is 0.505. The molecule has 0 saturated heterocycles. The van der Waals surface area contributed by atoms with Gasteiger partial charge in [-0.05, 0) is 37.8 Å². The molecule has 2 aromatic rings. The molecule has 4 nitrogen and oxygen atoms in total. The molecule has 2 rings (SSSR count). The van der Waals surface area contributed by atoms with E-state index < -0.39 is 0 Å². The van der Waals surface area contributed by atoms with Crippen LogP contribution < -0.4 is 10.1 Å². The number of anilines is 1. The summed E-state index contributed by atoms with van der Waals surface area (Å²) in [5.41, 5.74) is 1.00. The standard InChI is InChI=1S/C14H16ClN3OS/c1-4-16-12-8-13(18-14(17-12)20-3)19-11-7-10(15)6-5-9(11)2/h5-8H,4H2,1-3H3,(H,16,17,18). The highest BCUT2D eigenvalue weighted by atomic mass is 35.5. The Hall–Kier alpha value is -1.46. The third-order valence-corrected chi connectivity index (χ3v) is 3.37. The Balaban J connectivity index is 2.32. The highest BCUT2D eigenvalue weighted by molar-refractivity contribution is 7.98. The summed E-state index contributed by atoms with van der Waals surface area (Å²) in [6, 6.07) is 7.31. The van der Waals surface area contributed by atoms with Crippen LogP contribution in [0.4, 0.5) is 5.82 Å². The summed E-state index contributed by atoms with van der Waals surface area (Å²) in [6.45, 7) is 4.77. The third kappa shape index (κ3) is 3.77. The molecule has 20 heavy (non-hydrogen) atoms. The monoisotopic (exact) mass is 309 g/mol. The van der Waals surface area contributed by atoms with Crippen LogP contribution in [-0.2, 0) is 0 Å². The van der Waals surface area contributed by atoms with Gasteiger partial charge in [0.2, 0.25) is 5.88 Å². The Kier molecular flexibility index (Phi) is 5.09. The van der Waals surface area contributed by atoms with Gasteiger partial charge in [0, 0.05) is 17.6 Å². The summed E-state index contributed by atoms with van der Waals surface area (Å²) < 4.78 is 5.83. The van der Waals surface area contributed by atoms with Crippen LogP contribution in [0.15, 0.2) is 29.4 Å². The molecule has 0 bridgehead atoms. The molecular formula is C14H16ClN3OS. The second-order valence-electron chi connectivity index (χ2n) is 4.12. The molecule has 0 amide bonds. The Morgan fingerprint density at radius 1 is 1.30 bits per heavy atom. The van der Waals surface area contributed by atoms with E-state index in [-0.39, 0.29) is 0 Å². The van der Waals surface area contributed by atoms with E-state index in [1.165, 1.54) is 11.8 Å². The average molecular weight is 310 g/mol. The summed E-state index contributed by atoms with van der Waals surface area (Å²) in [7, 11) is 0. The number of aromatic nitrogens is 2. The molecule has 0 aliphatic heterocycles. The maximum Gasteiger partial charge on any atom is 0.225 e. The van der Waals surface area contributed by atoms with E-state index in [0.29, 0.717) is 21.8 Å². The molecule has 0 radical (unpaired) electrons. The summed E-state index contributed by atoms with van der Waals surface area (Å²) >= 11 is 7.47. The lowest BCUT2D eigenvalue weighted by Gasteiger charge is -2.10. The predicted molar refractivity (Wildman–Crippen MR) is 84.2 cm³/mol. The zero-order chi connectivity index (χ0) is 14.5. The second kappa shape index (κ2) is 6.81. The quantitative estimate of drug-likeness (QED) is 0.656. The van der Waals surface area contributed by atoms with Crippen molar-refractivity contribution >= 4 is 29.2 Å². The fourth-order valence-electron chi connectivity index (χ4n) is 1.62. The topological polar surface area (TPSA) is 47.0 Å². The maximum absolute atomic E-state index is 5.99. The number of rotatable bonds is 5. The normalized spacial score (nSPS) is 10.4. The second-order valence-corrected chi connectivity index (χ2v) is 5.33. The SMILES string of the molecule is CCNc1cc(Oc2cc(Cl)ccc2C)nc(SC)n1. The van der Waals surface area contributed by atoms with Crippen molar-refractivity contribution in [2.75, 3.05) is 18.1 Å². The molecule has 6 heteroatoms. The molecular weight excluding hydrogens is 294 g/mol. The smallest absolute Gasteiger partial charge is 0.225 e. The van der Waals surface area contributed by atoms with Crippen molar-refractivity contribution in [3.63, 3.8) is 0 Å². The molecule has 0 aliphatic carbocycles. The van der Waals surface area contributed by atoms with Crippen molar-refractivity contribution in [3.8, 4) is 11.6 Å². The molecule has 0 atom stereocenters. The minimum absolute atomic E-state index is 0.505. The van der Waals surface area contributed by atoms with Gasteiger partial charge in [0.15, 0.2) is 5.16 Å². The number of ether oxygens (including phenoxy) is 1. The van der Waals surface area contributed by atoms with Crippen LogP contribution in [-0.4, -0.2) is 22.8 Å². The lowest BCUT2D eigenvalue weighted by molar-refractivity contribution is 0.453. The molecule has 1 aromatic heterocycles.